The number of hydrogen-bond acceptors (Lipinski definition) is 2. The van der Waals surface area contributed by atoms with Crippen molar-refractivity contribution >= 4 is 6.21 Å². The molecule has 1 N–H and O–H groups in total. The lowest BCUT2D eigenvalue weighted by Crippen LogP contribution is -1.87. The zero-order valence-electron chi connectivity index (χ0n) is 6.08. The van der Waals surface area contributed by atoms with E-state index in [2.05, 4.69) is 5.16 Å². The van der Waals surface area contributed by atoms with Gasteiger partial charge in [-0.1, -0.05) is 11.2 Å². The van der Waals surface area contributed by atoms with Gasteiger partial charge in [-0.2, -0.15) is 0 Å². The van der Waals surface area contributed by atoms with E-state index >= 15 is 0 Å². The van der Waals surface area contributed by atoms with Crippen LogP contribution in [0.4, 0.5) is 4.39 Å². The Hall–Kier alpha value is -1.38. The van der Waals surface area contributed by atoms with Crippen molar-refractivity contribution in [3.8, 4) is 0 Å². The summed E-state index contributed by atoms with van der Waals surface area (Å²) in [6.07, 6.45) is 1.27. The zero-order valence-corrected chi connectivity index (χ0v) is 6.08. The van der Waals surface area contributed by atoms with Crippen molar-refractivity contribution in [1.82, 2.24) is 0 Å². The normalized spacial score (nSPS) is 10.7. The van der Waals surface area contributed by atoms with Crippen LogP contribution in [0, 0.1) is 12.7 Å². The average molecular weight is 153 g/mol. The van der Waals surface area contributed by atoms with E-state index in [9.17, 15) is 4.39 Å². The number of rotatable bonds is 1. The van der Waals surface area contributed by atoms with Crippen molar-refractivity contribution < 1.29 is 9.60 Å². The van der Waals surface area contributed by atoms with Gasteiger partial charge in [0.2, 0.25) is 0 Å². The average Bonchev–Trinajstić information content (AvgIpc) is 1.95. The standard InChI is InChI=1S/C8H8FNO/c1-6-4-8(9)3-2-7(6)5-10-11/h2-5,11H,1H3/b10-5-. The Kier molecular flexibility index (Phi) is 2.21. The van der Waals surface area contributed by atoms with Crippen LogP contribution in [0.2, 0.25) is 0 Å². The fourth-order valence-corrected chi connectivity index (χ4v) is 0.846. The minimum absolute atomic E-state index is 0.280. The molecule has 0 aliphatic rings. The number of hydrogen-bond donors (Lipinski definition) is 1. The molecule has 0 aromatic heterocycles. The molecule has 0 fully saturated rings. The molecule has 58 valence electrons. The van der Waals surface area contributed by atoms with Gasteiger partial charge in [0.15, 0.2) is 0 Å². The molecule has 0 spiro atoms. The van der Waals surface area contributed by atoms with E-state index in [4.69, 9.17) is 5.21 Å². The number of halogens is 1. The Bertz CT molecular complexity index is 283. The molecule has 0 saturated carbocycles. The smallest absolute Gasteiger partial charge is 0.123 e. The summed E-state index contributed by atoms with van der Waals surface area (Å²) in [5, 5.41) is 11.0. The first-order valence-electron chi connectivity index (χ1n) is 3.17. The van der Waals surface area contributed by atoms with Crippen LogP contribution in [0.1, 0.15) is 11.1 Å². The third-order valence-electron chi connectivity index (χ3n) is 1.43. The van der Waals surface area contributed by atoms with Crippen LogP contribution in [0.5, 0.6) is 0 Å². The van der Waals surface area contributed by atoms with E-state index in [1.54, 1.807) is 13.0 Å². The van der Waals surface area contributed by atoms with Crippen molar-refractivity contribution in [2.45, 2.75) is 6.92 Å². The first kappa shape index (κ1) is 7.72. The number of benzene rings is 1. The van der Waals surface area contributed by atoms with Crippen LogP contribution < -0.4 is 0 Å². The van der Waals surface area contributed by atoms with Gasteiger partial charge in [0, 0.05) is 0 Å². The molecule has 11 heavy (non-hydrogen) atoms. The van der Waals surface area contributed by atoms with Gasteiger partial charge in [0.05, 0.1) is 6.21 Å². The van der Waals surface area contributed by atoms with Crippen LogP contribution in [0.3, 0.4) is 0 Å². The molecule has 0 bridgehead atoms. The van der Waals surface area contributed by atoms with Crippen LogP contribution in [0.15, 0.2) is 23.4 Å². The Balaban J connectivity index is 3.09. The van der Waals surface area contributed by atoms with Crippen molar-refractivity contribution in [3.05, 3.63) is 35.1 Å². The molecule has 3 heteroatoms. The minimum Gasteiger partial charge on any atom is -0.411 e. The second-order valence-electron chi connectivity index (χ2n) is 2.25. The Morgan fingerprint density at radius 2 is 2.27 bits per heavy atom. The molecule has 1 rings (SSSR count). The van der Waals surface area contributed by atoms with Crippen molar-refractivity contribution in [3.63, 3.8) is 0 Å². The fraction of sp³-hybridized carbons (Fsp3) is 0.125. The quantitative estimate of drug-likeness (QED) is 0.373. The third kappa shape index (κ3) is 1.77. The first-order valence-corrected chi connectivity index (χ1v) is 3.17. The molecule has 0 heterocycles. The summed E-state index contributed by atoms with van der Waals surface area (Å²) in [7, 11) is 0. The number of nitrogens with zero attached hydrogens (tertiary/aromatic N) is 1. The van der Waals surface area contributed by atoms with Gasteiger partial charge < -0.3 is 5.21 Å². The van der Waals surface area contributed by atoms with Gasteiger partial charge in [-0.15, -0.1) is 0 Å². The highest BCUT2D eigenvalue weighted by Crippen LogP contribution is 2.07. The van der Waals surface area contributed by atoms with E-state index in [-0.39, 0.29) is 5.82 Å². The predicted octanol–water partition coefficient (Wildman–Crippen LogP) is 1.94. The highest BCUT2D eigenvalue weighted by atomic mass is 19.1. The predicted molar refractivity (Wildman–Crippen MR) is 40.5 cm³/mol. The maximum atomic E-state index is 12.5. The summed E-state index contributed by atoms with van der Waals surface area (Å²) >= 11 is 0. The highest BCUT2D eigenvalue weighted by Gasteiger charge is 1.95. The molecule has 0 saturated heterocycles. The topological polar surface area (TPSA) is 32.6 Å². The lowest BCUT2D eigenvalue weighted by atomic mass is 10.1. The number of aryl methyl sites for hydroxylation is 1. The SMILES string of the molecule is Cc1cc(F)ccc1/C=N\O. The van der Waals surface area contributed by atoms with Crippen LogP contribution in [-0.2, 0) is 0 Å². The highest BCUT2D eigenvalue weighted by molar-refractivity contribution is 5.80. The summed E-state index contributed by atoms with van der Waals surface area (Å²) < 4.78 is 12.5. The van der Waals surface area contributed by atoms with E-state index < -0.39 is 0 Å². The number of oxime groups is 1. The van der Waals surface area contributed by atoms with Crippen LogP contribution >= 0.6 is 0 Å². The minimum atomic E-state index is -0.280. The van der Waals surface area contributed by atoms with Gasteiger partial charge in [0.1, 0.15) is 5.82 Å². The first-order chi connectivity index (χ1) is 5.24. The molecule has 0 atom stereocenters. The third-order valence-corrected chi connectivity index (χ3v) is 1.43. The molecule has 2 nitrogen and oxygen atoms in total. The molecular weight excluding hydrogens is 145 g/mol. The molecule has 0 unspecified atom stereocenters. The van der Waals surface area contributed by atoms with Crippen molar-refractivity contribution in [1.29, 1.82) is 0 Å². The maximum absolute atomic E-state index is 12.5. The Labute approximate surface area is 64.0 Å². The largest absolute Gasteiger partial charge is 0.411 e. The molecule has 0 aliphatic carbocycles. The fourth-order valence-electron chi connectivity index (χ4n) is 0.846. The van der Waals surface area contributed by atoms with Gasteiger partial charge in [-0.25, -0.2) is 4.39 Å². The molecular formula is C8H8FNO. The summed E-state index contributed by atoms with van der Waals surface area (Å²) in [6.45, 7) is 1.75. The summed E-state index contributed by atoms with van der Waals surface area (Å²) in [6, 6.07) is 4.27. The van der Waals surface area contributed by atoms with Gasteiger partial charge >= 0.3 is 0 Å². The van der Waals surface area contributed by atoms with E-state index in [0.29, 0.717) is 5.56 Å². The summed E-state index contributed by atoms with van der Waals surface area (Å²) in [5.74, 6) is -0.280. The van der Waals surface area contributed by atoms with Gasteiger partial charge in [-0.05, 0) is 30.2 Å². The van der Waals surface area contributed by atoms with Crippen LogP contribution in [0.25, 0.3) is 0 Å². The zero-order chi connectivity index (χ0) is 8.27. The van der Waals surface area contributed by atoms with Gasteiger partial charge in [-0.3, -0.25) is 0 Å². The molecule has 0 aliphatic heterocycles. The lowest BCUT2D eigenvalue weighted by molar-refractivity contribution is 0.322. The van der Waals surface area contributed by atoms with Crippen molar-refractivity contribution in [2.75, 3.05) is 0 Å². The Morgan fingerprint density at radius 3 is 2.82 bits per heavy atom. The summed E-state index contributed by atoms with van der Waals surface area (Å²) in [5.41, 5.74) is 1.47. The van der Waals surface area contributed by atoms with Crippen LogP contribution in [-0.4, -0.2) is 11.4 Å². The second kappa shape index (κ2) is 3.14. The monoisotopic (exact) mass is 153 g/mol. The van der Waals surface area contributed by atoms with E-state index in [1.807, 2.05) is 0 Å². The molecule has 1 aromatic carbocycles. The maximum Gasteiger partial charge on any atom is 0.123 e. The van der Waals surface area contributed by atoms with E-state index in [0.717, 1.165) is 5.56 Å². The van der Waals surface area contributed by atoms with E-state index in [1.165, 1.54) is 18.3 Å². The lowest BCUT2D eigenvalue weighted by Gasteiger charge is -1.96. The van der Waals surface area contributed by atoms with Gasteiger partial charge in [0.25, 0.3) is 0 Å². The molecule has 1 aromatic rings. The molecule has 0 radical (unpaired) electrons. The van der Waals surface area contributed by atoms with Crippen molar-refractivity contribution in [2.24, 2.45) is 5.16 Å². The molecule has 0 amide bonds. The Morgan fingerprint density at radius 1 is 1.55 bits per heavy atom. The second-order valence-corrected chi connectivity index (χ2v) is 2.25. The summed E-state index contributed by atoms with van der Waals surface area (Å²) in [4.78, 5) is 0.